The van der Waals surface area contributed by atoms with Gasteiger partial charge in [0, 0.05) is 77.1 Å². The van der Waals surface area contributed by atoms with Crippen LogP contribution in [0, 0.1) is 5.92 Å². The number of fused-ring (bicyclic) bond motifs is 2. The van der Waals surface area contributed by atoms with Crippen molar-refractivity contribution < 1.29 is 9.21 Å². The van der Waals surface area contributed by atoms with Crippen molar-refractivity contribution in [3.8, 4) is 22.5 Å². The number of nitrogens with two attached hydrogens (primary N) is 1. The summed E-state index contributed by atoms with van der Waals surface area (Å²) in [7, 11) is 0. The van der Waals surface area contributed by atoms with Crippen molar-refractivity contribution in [2.45, 2.75) is 57.4 Å². The molecule has 7 rings (SSSR count). The molecule has 2 N–H and O–H groups in total. The number of carbonyl (C=O) groups excluding carboxylic acids is 1. The summed E-state index contributed by atoms with van der Waals surface area (Å²) in [6.45, 7) is 1.60. The summed E-state index contributed by atoms with van der Waals surface area (Å²) in [6.07, 6.45) is 18.3. The Kier molecular flexibility index (Phi) is 6.31. The maximum atomic E-state index is 12.8. The number of anilines is 1. The molecule has 39 heavy (non-hydrogen) atoms. The number of aromatic nitrogens is 4. The summed E-state index contributed by atoms with van der Waals surface area (Å²) in [5.41, 5.74) is 9.78. The first-order valence-corrected chi connectivity index (χ1v) is 14.8. The van der Waals surface area contributed by atoms with Crippen LogP contribution in [0.1, 0.15) is 57.4 Å². The molecule has 0 spiro atoms. The van der Waals surface area contributed by atoms with Crippen LogP contribution in [0.4, 0.5) is 5.82 Å². The maximum Gasteiger partial charge on any atom is 0.222 e. The number of piperidine rings is 1. The summed E-state index contributed by atoms with van der Waals surface area (Å²) in [5, 5.41) is 8.85. The molecular formula is C30H32N6O2S. The summed E-state index contributed by atoms with van der Waals surface area (Å²) >= 11 is 1.65. The highest BCUT2D eigenvalue weighted by atomic mass is 32.1. The zero-order valence-electron chi connectivity index (χ0n) is 21.9. The van der Waals surface area contributed by atoms with Crippen molar-refractivity contribution in [2.75, 3.05) is 18.8 Å². The minimum Gasteiger partial charge on any atom is -0.452 e. The average Bonchev–Trinajstić information content (AvgIpc) is 3.78. The molecule has 1 saturated carbocycles. The summed E-state index contributed by atoms with van der Waals surface area (Å²) in [6, 6.07) is 4.34. The normalized spacial score (nSPS) is 17.1. The van der Waals surface area contributed by atoms with Crippen LogP contribution in [-0.2, 0) is 4.79 Å². The van der Waals surface area contributed by atoms with Gasteiger partial charge in [-0.3, -0.25) is 14.5 Å². The number of carbonyl (C=O) groups is 1. The molecule has 200 valence electrons. The lowest BCUT2D eigenvalue weighted by Crippen LogP contribution is -2.39. The first-order chi connectivity index (χ1) is 19.1. The Bertz CT molecular complexity index is 1640. The van der Waals surface area contributed by atoms with Gasteiger partial charge in [-0.25, -0.2) is 4.98 Å². The van der Waals surface area contributed by atoms with Gasteiger partial charge in [0.2, 0.25) is 5.91 Å². The van der Waals surface area contributed by atoms with Crippen molar-refractivity contribution in [1.82, 2.24) is 24.6 Å². The Hall–Kier alpha value is -3.72. The van der Waals surface area contributed by atoms with Gasteiger partial charge in [-0.15, -0.1) is 11.3 Å². The van der Waals surface area contributed by atoms with Crippen LogP contribution in [0.15, 0.2) is 52.9 Å². The van der Waals surface area contributed by atoms with Gasteiger partial charge in [-0.1, -0.05) is 25.7 Å². The molecule has 0 aromatic carbocycles. The van der Waals surface area contributed by atoms with Crippen molar-refractivity contribution in [1.29, 1.82) is 0 Å². The molecule has 0 atom stereocenters. The van der Waals surface area contributed by atoms with E-state index in [0.29, 0.717) is 23.7 Å². The Morgan fingerprint density at radius 2 is 1.92 bits per heavy atom. The van der Waals surface area contributed by atoms with E-state index in [1.165, 1.54) is 25.7 Å². The van der Waals surface area contributed by atoms with E-state index < -0.39 is 0 Å². The molecule has 5 aromatic heterocycles. The van der Waals surface area contributed by atoms with E-state index in [9.17, 15) is 4.79 Å². The van der Waals surface area contributed by atoms with Gasteiger partial charge in [0.25, 0.3) is 0 Å². The number of pyridine rings is 2. The van der Waals surface area contributed by atoms with Crippen LogP contribution in [0.3, 0.4) is 0 Å². The molecule has 2 aliphatic rings. The lowest BCUT2D eigenvalue weighted by molar-refractivity contribution is -0.132. The zero-order chi connectivity index (χ0) is 26.3. The van der Waals surface area contributed by atoms with Crippen LogP contribution in [0.2, 0.25) is 0 Å². The van der Waals surface area contributed by atoms with E-state index in [0.717, 1.165) is 76.2 Å². The first kappa shape index (κ1) is 24.3. The number of nitrogens with zero attached hydrogens (tertiary/aromatic N) is 5. The number of furan rings is 1. The highest BCUT2D eigenvalue weighted by Crippen LogP contribution is 2.40. The van der Waals surface area contributed by atoms with Crippen molar-refractivity contribution >= 4 is 44.1 Å². The van der Waals surface area contributed by atoms with Gasteiger partial charge < -0.3 is 15.1 Å². The number of nitrogen functional groups attached to an aromatic ring is 1. The smallest absolute Gasteiger partial charge is 0.222 e. The van der Waals surface area contributed by atoms with E-state index >= 15 is 0 Å². The van der Waals surface area contributed by atoms with Crippen LogP contribution in [0.5, 0.6) is 0 Å². The fourth-order valence-corrected chi connectivity index (χ4v) is 7.24. The maximum absolute atomic E-state index is 12.8. The largest absolute Gasteiger partial charge is 0.452 e. The van der Waals surface area contributed by atoms with Crippen molar-refractivity contribution in [3.05, 3.63) is 48.5 Å². The van der Waals surface area contributed by atoms with Gasteiger partial charge in [-0.05, 0) is 37.3 Å². The molecule has 1 aliphatic carbocycles. The van der Waals surface area contributed by atoms with E-state index in [-0.39, 0.29) is 6.04 Å². The number of rotatable bonds is 6. The Labute approximate surface area is 230 Å². The monoisotopic (exact) mass is 540 g/mol. The molecule has 0 unspecified atom stereocenters. The molecule has 0 bridgehead atoms. The van der Waals surface area contributed by atoms with Crippen LogP contribution >= 0.6 is 11.3 Å². The molecule has 0 radical (unpaired) electrons. The molecule has 1 amide bonds. The Morgan fingerprint density at radius 1 is 1.08 bits per heavy atom. The molecule has 6 heterocycles. The SMILES string of the molecule is Nc1ncc(-c2cnn(C3CCN(C(=O)CCC4CCCC4)CC3)c2)c2cc(-c3csc4cnccc34)oc12. The van der Waals surface area contributed by atoms with Gasteiger partial charge in [0.15, 0.2) is 11.4 Å². The second-order valence-corrected chi connectivity index (χ2v) is 11.9. The molecule has 5 aromatic rings. The zero-order valence-corrected chi connectivity index (χ0v) is 22.7. The Morgan fingerprint density at radius 3 is 2.77 bits per heavy atom. The van der Waals surface area contributed by atoms with Gasteiger partial charge in [0.1, 0.15) is 5.76 Å². The third-order valence-corrected chi connectivity index (χ3v) is 9.51. The van der Waals surface area contributed by atoms with Crippen LogP contribution in [-0.4, -0.2) is 43.6 Å². The summed E-state index contributed by atoms with van der Waals surface area (Å²) < 4.78 is 9.42. The average molecular weight is 541 g/mol. The lowest BCUT2D eigenvalue weighted by atomic mass is 10.00. The molecule has 1 aliphatic heterocycles. The third kappa shape index (κ3) is 4.58. The first-order valence-electron chi connectivity index (χ1n) is 14.0. The predicted octanol–water partition coefficient (Wildman–Crippen LogP) is 6.68. The highest BCUT2D eigenvalue weighted by Gasteiger charge is 2.26. The number of likely N-dealkylation sites (tertiary alicyclic amines) is 1. The quantitative estimate of drug-likeness (QED) is 0.258. The number of hydrogen-bond acceptors (Lipinski definition) is 7. The summed E-state index contributed by atoms with van der Waals surface area (Å²) in [4.78, 5) is 23.5. The topological polar surface area (TPSA) is 103 Å². The van der Waals surface area contributed by atoms with E-state index in [1.807, 2.05) is 18.5 Å². The molecule has 2 fully saturated rings. The van der Waals surface area contributed by atoms with E-state index in [2.05, 4.69) is 37.2 Å². The third-order valence-electron chi connectivity index (χ3n) is 8.58. The van der Waals surface area contributed by atoms with Gasteiger partial charge in [0.05, 0.1) is 16.9 Å². The standard InChI is InChI=1S/C30H32N6O2S/c31-30-29-23(13-26(38-29)25-18-39-27-16-32-10-7-22(25)27)24(15-33-30)20-14-34-36(17-20)21-8-11-35(12-9-21)28(37)6-5-19-3-1-2-4-19/h7,10,13-19,21H,1-6,8-9,11-12H2,(H2,31,33). The van der Waals surface area contributed by atoms with Gasteiger partial charge >= 0.3 is 0 Å². The minimum absolute atomic E-state index is 0.278. The van der Waals surface area contributed by atoms with Crippen LogP contribution < -0.4 is 5.73 Å². The van der Waals surface area contributed by atoms with Crippen molar-refractivity contribution in [2.24, 2.45) is 5.92 Å². The van der Waals surface area contributed by atoms with E-state index in [1.54, 1.807) is 23.7 Å². The van der Waals surface area contributed by atoms with Gasteiger partial charge in [-0.2, -0.15) is 5.10 Å². The second-order valence-electron chi connectivity index (χ2n) is 10.9. The molecule has 1 saturated heterocycles. The molecule has 9 heteroatoms. The minimum atomic E-state index is 0.278. The number of amides is 1. The predicted molar refractivity (Wildman–Crippen MR) is 154 cm³/mol. The Balaban J connectivity index is 1.08. The number of hydrogen-bond donors (Lipinski definition) is 1. The fourth-order valence-electron chi connectivity index (χ4n) is 6.32. The fraction of sp³-hybridized carbons (Fsp3) is 0.400. The van der Waals surface area contributed by atoms with E-state index in [4.69, 9.17) is 15.2 Å². The van der Waals surface area contributed by atoms with Crippen LogP contribution in [0.25, 0.3) is 43.5 Å². The van der Waals surface area contributed by atoms with Crippen molar-refractivity contribution in [3.63, 3.8) is 0 Å². The second kappa shape index (κ2) is 10.1. The lowest BCUT2D eigenvalue weighted by Gasteiger charge is -2.32. The molecule has 8 nitrogen and oxygen atoms in total. The summed E-state index contributed by atoms with van der Waals surface area (Å²) in [5.74, 6) is 2.22. The molecular weight excluding hydrogens is 508 g/mol. The number of thiophene rings is 1. The highest BCUT2D eigenvalue weighted by molar-refractivity contribution is 7.17.